The summed E-state index contributed by atoms with van der Waals surface area (Å²) in [4.78, 5) is 32.3. The predicted molar refractivity (Wildman–Crippen MR) is 105 cm³/mol. The van der Waals surface area contributed by atoms with Gasteiger partial charge in [0.15, 0.2) is 0 Å². The number of pyridine rings is 1. The van der Waals surface area contributed by atoms with Gasteiger partial charge in [-0.2, -0.15) is 0 Å². The maximum Gasteiger partial charge on any atom is 0.270 e. The van der Waals surface area contributed by atoms with Crippen molar-refractivity contribution >= 4 is 23.2 Å². The lowest BCUT2D eigenvalue weighted by molar-refractivity contribution is 0.0925. The number of benzene rings is 1. The summed E-state index contributed by atoms with van der Waals surface area (Å²) in [5.41, 5.74) is 2.16. The summed E-state index contributed by atoms with van der Waals surface area (Å²) in [7, 11) is 0. The Morgan fingerprint density at radius 1 is 0.926 bits per heavy atom. The quantitative estimate of drug-likeness (QED) is 0.588. The second-order valence-corrected chi connectivity index (χ2v) is 6.81. The van der Waals surface area contributed by atoms with Gasteiger partial charge in [0.1, 0.15) is 5.69 Å². The lowest BCUT2D eigenvalue weighted by Gasteiger charge is -2.06. The Balaban J connectivity index is 1.39. The minimum absolute atomic E-state index is 0.214. The first kappa shape index (κ1) is 18.7. The highest BCUT2D eigenvalue weighted by Crippen LogP contribution is 2.13. The Morgan fingerprint density at radius 3 is 2.44 bits per heavy atom. The van der Waals surface area contributed by atoms with Crippen molar-refractivity contribution in [3.05, 3.63) is 82.1 Å². The molecule has 138 valence electrons. The van der Waals surface area contributed by atoms with Crippen LogP contribution in [-0.4, -0.2) is 34.9 Å². The molecule has 27 heavy (non-hydrogen) atoms. The largest absolute Gasteiger partial charge is 0.350 e. The fraction of sp³-hybridized carbons (Fsp3) is 0.200. The van der Waals surface area contributed by atoms with Gasteiger partial charge >= 0.3 is 0 Å². The van der Waals surface area contributed by atoms with Crippen molar-refractivity contribution in [2.75, 3.05) is 13.1 Å². The first-order valence-corrected chi connectivity index (χ1v) is 9.55. The minimum atomic E-state index is -0.229. The van der Waals surface area contributed by atoms with Crippen molar-refractivity contribution in [2.45, 2.75) is 12.8 Å². The lowest BCUT2D eigenvalue weighted by atomic mass is 10.1. The van der Waals surface area contributed by atoms with Crippen LogP contribution in [0, 0.1) is 0 Å². The van der Waals surface area contributed by atoms with E-state index in [0.717, 1.165) is 17.8 Å². The van der Waals surface area contributed by atoms with Crippen LogP contribution < -0.4 is 10.6 Å². The van der Waals surface area contributed by atoms with E-state index in [-0.39, 0.29) is 11.8 Å². The van der Waals surface area contributed by atoms with Crippen molar-refractivity contribution in [1.82, 2.24) is 20.6 Å². The van der Waals surface area contributed by atoms with Crippen LogP contribution in [0.25, 0.3) is 0 Å². The number of aromatic nitrogens is 2. The molecule has 0 saturated heterocycles. The topological polar surface area (TPSA) is 84.0 Å². The van der Waals surface area contributed by atoms with E-state index >= 15 is 0 Å². The number of nitrogens with zero attached hydrogens (tertiary/aromatic N) is 2. The van der Waals surface area contributed by atoms with Crippen LogP contribution in [0.4, 0.5) is 0 Å². The van der Waals surface area contributed by atoms with Gasteiger partial charge < -0.3 is 10.6 Å². The normalized spacial score (nSPS) is 10.4. The van der Waals surface area contributed by atoms with E-state index in [2.05, 4.69) is 32.7 Å². The fourth-order valence-corrected chi connectivity index (χ4v) is 3.25. The van der Waals surface area contributed by atoms with Crippen molar-refractivity contribution in [1.29, 1.82) is 0 Å². The highest BCUT2D eigenvalue weighted by Gasteiger charge is 2.11. The lowest BCUT2D eigenvalue weighted by Crippen LogP contribution is -2.34. The summed E-state index contributed by atoms with van der Waals surface area (Å²) in [6.45, 7) is 0.673. The molecule has 0 aliphatic carbocycles. The molecule has 0 bridgehead atoms. The van der Waals surface area contributed by atoms with Gasteiger partial charge in [-0.05, 0) is 24.1 Å². The molecule has 1 aromatic carbocycles. The summed E-state index contributed by atoms with van der Waals surface area (Å²) in [6, 6.07) is 13.6. The number of carbonyl (C=O) groups excluding carboxylic acids is 2. The van der Waals surface area contributed by atoms with Gasteiger partial charge in [0.05, 0.1) is 10.6 Å². The van der Waals surface area contributed by atoms with Gasteiger partial charge in [-0.25, -0.2) is 4.98 Å². The van der Waals surface area contributed by atoms with E-state index in [9.17, 15) is 9.59 Å². The van der Waals surface area contributed by atoms with Gasteiger partial charge in [-0.15, -0.1) is 11.3 Å². The molecular weight excluding hydrogens is 360 g/mol. The van der Waals surface area contributed by atoms with Crippen molar-refractivity contribution in [3.63, 3.8) is 0 Å². The van der Waals surface area contributed by atoms with E-state index in [1.54, 1.807) is 23.7 Å². The smallest absolute Gasteiger partial charge is 0.270 e. The van der Waals surface area contributed by atoms with Crippen LogP contribution in [0.5, 0.6) is 0 Å². The molecule has 3 rings (SSSR count). The Kier molecular flexibility index (Phi) is 6.65. The Morgan fingerprint density at radius 2 is 1.70 bits per heavy atom. The van der Waals surface area contributed by atoms with Crippen molar-refractivity contribution in [2.24, 2.45) is 0 Å². The maximum absolute atomic E-state index is 12.2. The molecular formula is C20H20N4O2S. The third-order valence-corrected chi connectivity index (χ3v) is 4.78. The number of thiazole rings is 1. The molecule has 2 heterocycles. The summed E-state index contributed by atoms with van der Waals surface area (Å²) >= 11 is 1.49. The first-order valence-electron chi connectivity index (χ1n) is 8.67. The maximum atomic E-state index is 12.2. The highest BCUT2D eigenvalue weighted by atomic mass is 32.1. The Hall–Kier alpha value is -3.06. The third kappa shape index (κ3) is 5.72. The zero-order valence-corrected chi connectivity index (χ0v) is 15.5. The number of aryl methyl sites for hydroxylation is 2. The average Bonchev–Trinajstić information content (AvgIpc) is 3.20. The molecule has 3 aromatic rings. The molecule has 0 radical (unpaired) electrons. The van der Waals surface area contributed by atoms with E-state index in [1.165, 1.54) is 23.1 Å². The molecule has 2 N–H and O–H groups in total. The molecule has 0 aliphatic rings. The highest BCUT2D eigenvalue weighted by molar-refractivity contribution is 7.09. The third-order valence-electron chi connectivity index (χ3n) is 3.87. The molecule has 6 nitrogen and oxygen atoms in total. The second-order valence-electron chi connectivity index (χ2n) is 5.87. The Labute approximate surface area is 161 Å². The molecule has 0 atom stereocenters. The van der Waals surface area contributed by atoms with Crippen LogP contribution in [0.15, 0.2) is 60.2 Å². The minimum Gasteiger partial charge on any atom is -0.350 e. The van der Waals surface area contributed by atoms with E-state index in [1.807, 2.05) is 18.2 Å². The monoisotopic (exact) mass is 380 g/mol. The SMILES string of the molecule is O=C(NCCNC(=O)c1csc(CCc2ccccc2)n1)c1cccnc1. The van der Waals surface area contributed by atoms with Gasteiger partial charge in [-0.3, -0.25) is 14.6 Å². The number of rotatable bonds is 8. The van der Waals surface area contributed by atoms with Crippen LogP contribution >= 0.6 is 11.3 Å². The number of nitrogens with one attached hydrogen (secondary N) is 2. The van der Waals surface area contributed by atoms with Crippen molar-refractivity contribution in [3.8, 4) is 0 Å². The van der Waals surface area contributed by atoms with Gasteiger partial charge in [0, 0.05) is 37.3 Å². The van der Waals surface area contributed by atoms with E-state index in [4.69, 9.17) is 0 Å². The first-order chi connectivity index (χ1) is 13.2. The number of hydrogen-bond acceptors (Lipinski definition) is 5. The molecule has 0 aliphatic heterocycles. The Bertz CT molecular complexity index is 881. The van der Waals surface area contributed by atoms with E-state index < -0.39 is 0 Å². The number of hydrogen-bond donors (Lipinski definition) is 2. The van der Waals surface area contributed by atoms with Crippen LogP contribution in [0.1, 0.15) is 31.4 Å². The summed E-state index contributed by atoms with van der Waals surface area (Å²) < 4.78 is 0. The van der Waals surface area contributed by atoms with Crippen LogP contribution in [-0.2, 0) is 12.8 Å². The van der Waals surface area contributed by atoms with Gasteiger partial charge in [-0.1, -0.05) is 30.3 Å². The average molecular weight is 380 g/mol. The van der Waals surface area contributed by atoms with E-state index in [0.29, 0.717) is 24.3 Å². The molecule has 0 fully saturated rings. The summed E-state index contributed by atoms with van der Waals surface area (Å²) in [5.74, 6) is -0.443. The van der Waals surface area contributed by atoms with Gasteiger partial charge in [0.25, 0.3) is 11.8 Å². The standard InChI is InChI=1S/C20H20N4O2S/c25-19(16-7-4-10-21-13-16)22-11-12-23-20(26)17-14-27-18(24-17)9-8-15-5-2-1-3-6-15/h1-7,10,13-14H,8-9,11-12H2,(H,22,25)(H,23,26). The molecule has 2 amide bonds. The summed E-state index contributed by atoms with van der Waals surface area (Å²) in [5, 5.41) is 8.21. The molecule has 0 spiro atoms. The van der Waals surface area contributed by atoms with Crippen LogP contribution in [0.2, 0.25) is 0 Å². The van der Waals surface area contributed by atoms with Gasteiger partial charge in [0.2, 0.25) is 0 Å². The molecule has 0 saturated carbocycles. The molecule has 0 unspecified atom stereocenters. The van der Waals surface area contributed by atoms with Crippen LogP contribution in [0.3, 0.4) is 0 Å². The number of amides is 2. The van der Waals surface area contributed by atoms with Crippen molar-refractivity contribution < 1.29 is 9.59 Å². The molecule has 2 aromatic heterocycles. The zero-order valence-electron chi connectivity index (χ0n) is 14.7. The fourth-order valence-electron chi connectivity index (χ4n) is 2.47. The second kappa shape index (κ2) is 9.59. The summed E-state index contributed by atoms with van der Waals surface area (Å²) in [6.07, 6.45) is 4.82. The predicted octanol–water partition coefficient (Wildman–Crippen LogP) is 2.48. The number of carbonyl (C=O) groups is 2. The zero-order chi connectivity index (χ0) is 18.9. The molecule has 7 heteroatoms.